The van der Waals surface area contributed by atoms with Crippen molar-refractivity contribution >= 4 is 12.4 Å². The van der Waals surface area contributed by atoms with Crippen LogP contribution in [-0.4, -0.2) is 45.6 Å². The van der Waals surface area contributed by atoms with E-state index >= 15 is 0 Å². The van der Waals surface area contributed by atoms with E-state index in [2.05, 4.69) is 6.92 Å². The van der Waals surface area contributed by atoms with Gasteiger partial charge in [-0.25, -0.2) is 0 Å². The fraction of sp³-hybridized carbons (Fsp3) is 0.778. The smallest absolute Gasteiger partial charge is 0.300 e. The van der Waals surface area contributed by atoms with Gasteiger partial charge in [-0.05, 0) is 6.42 Å². The summed E-state index contributed by atoms with van der Waals surface area (Å²) >= 11 is 0. The summed E-state index contributed by atoms with van der Waals surface area (Å²) in [6.45, 7) is 2.80. The van der Waals surface area contributed by atoms with Crippen LogP contribution in [0.25, 0.3) is 0 Å². The quantitative estimate of drug-likeness (QED) is 0.511. The van der Waals surface area contributed by atoms with Gasteiger partial charge in [-0.2, -0.15) is 0 Å². The van der Waals surface area contributed by atoms with E-state index in [1.165, 1.54) is 0 Å². The lowest BCUT2D eigenvalue weighted by Crippen LogP contribution is -2.10. The summed E-state index contributed by atoms with van der Waals surface area (Å²) in [6.07, 6.45) is 2.32. The minimum Gasteiger partial charge on any atom is -0.483 e. The molecule has 0 aliphatic heterocycles. The predicted octanol–water partition coefficient (Wildman–Crippen LogP) is 0.321. The Balaban J connectivity index is -0.000000173. The number of aliphatic carboxylic acids is 1. The van der Waals surface area contributed by atoms with Crippen LogP contribution in [-0.2, 0) is 9.59 Å². The first-order valence-electron chi connectivity index (χ1n) is 4.52. The summed E-state index contributed by atoms with van der Waals surface area (Å²) < 4.78 is 0. The van der Waals surface area contributed by atoms with Crippen LogP contribution in [0.2, 0.25) is 0 Å². The van der Waals surface area contributed by atoms with Crippen molar-refractivity contribution < 1.29 is 30.0 Å². The van der Waals surface area contributed by atoms with Crippen molar-refractivity contribution in [3.05, 3.63) is 0 Å². The van der Waals surface area contributed by atoms with Crippen LogP contribution >= 0.6 is 0 Å². The van der Waals surface area contributed by atoms with Crippen molar-refractivity contribution in [1.82, 2.24) is 0 Å². The van der Waals surface area contributed by atoms with Gasteiger partial charge in [-0.3, -0.25) is 9.59 Å². The zero-order valence-corrected chi connectivity index (χ0v) is 9.09. The average Bonchev–Trinajstić information content (AvgIpc) is 2.14. The van der Waals surface area contributed by atoms with E-state index in [1.807, 2.05) is 0 Å². The van der Waals surface area contributed by atoms with Crippen LogP contribution < -0.4 is 0 Å². The van der Waals surface area contributed by atoms with Gasteiger partial charge < -0.3 is 20.4 Å². The molecule has 0 bridgehead atoms. The maximum Gasteiger partial charge on any atom is 0.300 e. The molecule has 0 radical (unpaired) electrons. The zero-order chi connectivity index (χ0) is 12.7. The molecule has 0 aliphatic rings. The standard InChI is InChI=1S/C6H14O2.C2H4O2.CH2O2/c1-2-3-4-6(8)5-7;1-2(3)4;2-1-3/h6-8H,2-5H2,1H3;1H3,(H,3,4);1H,(H,2,3). The van der Waals surface area contributed by atoms with Gasteiger partial charge in [0.05, 0.1) is 12.7 Å². The van der Waals surface area contributed by atoms with E-state index in [0.29, 0.717) is 0 Å². The van der Waals surface area contributed by atoms with Gasteiger partial charge in [0.25, 0.3) is 12.4 Å². The van der Waals surface area contributed by atoms with E-state index < -0.39 is 12.1 Å². The highest BCUT2D eigenvalue weighted by Gasteiger charge is 1.97. The minimum atomic E-state index is -0.833. The first kappa shape index (κ1) is 19.4. The molecule has 0 aliphatic carbocycles. The number of carboxylic acid groups (broad SMARTS) is 2. The van der Waals surface area contributed by atoms with Gasteiger partial charge in [-0.1, -0.05) is 19.8 Å². The first-order chi connectivity index (χ1) is 6.95. The summed E-state index contributed by atoms with van der Waals surface area (Å²) in [4.78, 5) is 17.4. The highest BCUT2D eigenvalue weighted by atomic mass is 16.4. The van der Waals surface area contributed by atoms with E-state index in [0.717, 1.165) is 26.2 Å². The Labute approximate surface area is 89.2 Å². The lowest BCUT2D eigenvalue weighted by molar-refractivity contribution is -0.134. The first-order valence-corrected chi connectivity index (χ1v) is 4.52. The molecule has 6 nitrogen and oxygen atoms in total. The molecule has 0 heterocycles. The molecule has 1 atom stereocenters. The molecule has 0 saturated heterocycles. The second kappa shape index (κ2) is 18.6. The molecule has 0 aromatic carbocycles. The van der Waals surface area contributed by atoms with E-state index in [1.54, 1.807) is 0 Å². The lowest BCUT2D eigenvalue weighted by atomic mass is 10.2. The highest BCUT2D eigenvalue weighted by molar-refractivity contribution is 5.62. The molecule has 0 spiro atoms. The molecular weight excluding hydrogens is 204 g/mol. The van der Waals surface area contributed by atoms with Gasteiger partial charge in [0.2, 0.25) is 0 Å². The largest absolute Gasteiger partial charge is 0.483 e. The Kier molecular flexibility index (Phi) is 24.1. The second-order valence-electron chi connectivity index (χ2n) is 2.60. The molecule has 92 valence electrons. The topological polar surface area (TPSA) is 115 Å². The predicted molar refractivity (Wildman–Crippen MR) is 54.6 cm³/mol. The normalized spacial score (nSPS) is 9.87. The third kappa shape index (κ3) is 64.2. The van der Waals surface area contributed by atoms with Crippen molar-refractivity contribution in [3.8, 4) is 0 Å². The lowest BCUT2D eigenvalue weighted by Gasteiger charge is -2.02. The zero-order valence-electron chi connectivity index (χ0n) is 9.09. The van der Waals surface area contributed by atoms with Crippen molar-refractivity contribution in [2.75, 3.05) is 6.61 Å². The molecule has 15 heavy (non-hydrogen) atoms. The molecule has 1 unspecified atom stereocenters. The summed E-state index contributed by atoms with van der Waals surface area (Å²) in [5.74, 6) is -0.833. The Bertz CT molecular complexity index is 133. The maximum atomic E-state index is 9.00. The number of rotatable bonds is 4. The summed E-state index contributed by atoms with van der Waals surface area (Å²) in [7, 11) is 0. The Morgan fingerprint density at radius 3 is 2.00 bits per heavy atom. The van der Waals surface area contributed by atoms with Crippen LogP contribution in [0, 0.1) is 0 Å². The third-order valence-corrected chi connectivity index (χ3v) is 1.10. The minimum absolute atomic E-state index is 0.0972. The second-order valence-corrected chi connectivity index (χ2v) is 2.60. The van der Waals surface area contributed by atoms with Crippen molar-refractivity contribution in [2.45, 2.75) is 39.2 Å². The number of hydrogen-bond acceptors (Lipinski definition) is 4. The summed E-state index contributed by atoms with van der Waals surface area (Å²) in [5, 5.41) is 31.4. The van der Waals surface area contributed by atoms with Gasteiger partial charge in [0, 0.05) is 6.92 Å². The SMILES string of the molecule is CC(=O)O.CCCCC(O)CO.O=CO. The Hall–Kier alpha value is -1.14. The monoisotopic (exact) mass is 224 g/mol. The molecule has 0 amide bonds. The van der Waals surface area contributed by atoms with Gasteiger partial charge in [0.15, 0.2) is 0 Å². The molecule has 0 aromatic heterocycles. The number of carboxylic acids is 1. The fourth-order valence-electron chi connectivity index (χ4n) is 0.531. The number of carbonyl (C=O) groups is 2. The van der Waals surface area contributed by atoms with Crippen molar-refractivity contribution in [1.29, 1.82) is 0 Å². The molecule has 0 aromatic rings. The van der Waals surface area contributed by atoms with Gasteiger partial charge in [0.1, 0.15) is 0 Å². The molecule has 0 rings (SSSR count). The number of aliphatic hydroxyl groups is 2. The fourth-order valence-corrected chi connectivity index (χ4v) is 0.531. The van der Waals surface area contributed by atoms with Crippen molar-refractivity contribution in [3.63, 3.8) is 0 Å². The molecule has 0 fully saturated rings. The Morgan fingerprint density at radius 1 is 1.47 bits per heavy atom. The van der Waals surface area contributed by atoms with Crippen LogP contribution in [0.1, 0.15) is 33.1 Å². The number of unbranched alkanes of at least 4 members (excludes halogenated alkanes) is 1. The van der Waals surface area contributed by atoms with Crippen LogP contribution in [0.3, 0.4) is 0 Å². The highest BCUT2D eigenvalue weighted by Crippen LogP contribution is 1.97. The van der Waals surface area contributed by atoms with Crippen LogP contribution in [0.4, 0.5) is 0 Å². The summed E-state index contributed by atoms with van der Waals surface area (Å²) in [5.41, 5.74) is 0. The van der Waals surface area contributed by atoms with Crippen LogP contribution in [0.15, 0.2) is 0 Å². The number of hydrogen-bond donors (Lipinski definition) is 4. The third-order valence-electron chi connectivity index (χ3n) is 1.10. The number of aliphatic hydroxyl groups excluding tert-OH is 2. The average molecular weight is 224 g/mol. The molecule has 4 N–H and O–H groups in total. The molecule has 6 heteroatoms. The van der Waals surface area contributed by atoms with E-state index in [4.69, 9.17) is 30.0 Å². The maximum absolute atomic E-state index is 9.00. The summed E-state index contributed by atoms with van der Waals surface area (Å²) in [6, 6.07) is 0. The molecular formula is C9H20O6. The van der Waals surface area contributed by atoms with Gasteiger partial charge >= 0.3 is 0 Å². The van der Waals surface area contributed by atoms with E-state index in [-0.39, 0.29) is 13.1 Å². The Morgan fingerprint density at radius 2 is 1.80 bits per heavy atom. The van der Waals surface area contributed by atoms with Crippen LogP contribution in [0.5, 0.6) is 0 Å². The van der Waals surface area contributed by atoms with Crippen molar-refractivity contribution in [2.24, 2.45) is 0 Å². The van der Waals surface area contributed by atoms with Gasteiger partial charge in [-0.15, -0.1) is 0 Å². The molecule has 0 saturated carbocycles. The van der Waals surface area contributed by atoms with E-state index in [9.17, 15) is 0 Å².